The van der Waals surface area contributed by atoms with E-state index in [9.17, 15) is 0 Å². The molecule has 0 saturated carbocycles. The number of hydrogen-bond donors (Lipinski definition) is 0. The lowest BCUT2D eigenvalue weighted by Gasteiger charge is -2.36. The third kappa shape index (κ3) is 3.76. The lowest BCUT2D eigenvalue weighted by molar-refractivity contribution is 0.0785. The molecule has 1 aromatic heterocycles. The first-order valence-electron chi connectivity index (χ1n) is 8.97. The number of piperazine rings is 1. The van der Waals surface area contributed by atoms with Crippen molar-refractivity contribution < 1.29 is 4.84 Å². The molecule has 1 saturated heterocycles. The van der Waals surface area contributed by atoms with Crippen molar-refractivity contribution in [3.8, 4) is 0 Å². The first-order chi connectivity index (χ1) is 12.8. The van der Waals surface area contributed by atoms with Gasteiger partial charge in [0.15, 0.2) is 0 Å². The van der Waals surface area contributed by atoms with Crippen LogP contribution in [0.4, 0.5) is 5.69 Å². The highest BCUT2D eigenvalue weighted by Gasteiger charge is 2.18. The Hall–Kier alpha value is -2.31. The molecule has 0 spiro atoms. The van der Waals surface area contributed by atoms with Gasteiger partial charge in [-0.2, -0.15) is 0 Å². The second-order valence-electron chi connectivity index (χ2n) is 6.42. The highest BCUT2D eigenvalue weighted by molar-refractivity contribution is 6.33. The van der Waals surface area contributed by atoms with Crippen LogP contribution in [0.15, 0.2) is 48.5 Å². The second-order valence-corrected chi connectivity index (χ2v) is 6.83. The Balaban J connectivity index is 1.21. The summed E-state index contributed by atoms with van der Waals surface area (Å²) in [4.78, 5) is 12.1. The van der Waals surface area contributed by atoms with Gasteiger partial charge in [0.2, 0.25) is 0 Å². The van der Waals surface area contributed by atoms with Crippen molar-refractivity contribution in [1.82, 2.24) is 20.1 Å². The highest BCUT2D eigenvalue weighted by Crippen LogP contribution is 2.25. The summed E-state index contributed by atoms with van der Waals surface area (Å²) in [6, 6.07) is 15.9. The Morgan fingerprint density at radius 1 is 0.962 bits per heavy atom. The number of anilines is 1. The molecule has 136 valence electrons. The van der Waals surface area contributed by atoms with Gasteiger partial charge in [-0.25, -0.2) is 0 Å². The molecular formula is C19H22ClN5O. The number of hydrogen-bond acceptors (Lipinski definition) is 5. The number of fused-ring (bicyclic) bond motifs is 1. The average molecular weight is 372 g/mol. The van der Waals surface area contributed by atoms with E-state index in [4.69, 9.17) is 16.4 Å². The number of aromatic nitrogens is 3. The zero-order valence-electron chi connectivity index (χ0n) is 14.6. The predicted octanol–water partition coefficient (Wildman–Crippen LogP) is 2.73. The topological polar surface area (TPSA) is 46.4 Å². The van der Waals surface area contributed by atoms with Crippen molar-refractivity contribution in [2.45, 2.75) is 6.42 Å². The Morgan fingerprint density at radius 2 is 1.73 bits per heavy atom. The molecule has 0 radical (unpaired) electrons. The third-order valence-electron chi connectivity index (χ3n) is 4.72. The standard InChI is InChI=1S/C19H22ClN5O/c20-16-6-1-3-8-18(16)24-13-11-23(12-14-24)10-5-15-26-25-19-9-4-2-7-17(19)21-22-25/h1-4,6-9H,5,10-15H2. The molecule has 1 fully saturated rings. The molecule has 0 aliphatic carbocycles. The molecule has 2 heterocycles. The van der Waals surface area contributed by atoms with Crippen LogP contribution in [0.1, 0.15) is 6.42 Å². The minimum Gasteiger partial charge on any atom is -0.395 e. The van der Waals surface area contributed by atoms with Crippen LogP contribution in [0.25, 0.3) is 11.0 Å². The van der Waals surface area contributed by atoms with Crippen LogP contribution in [0.5, 0.6) is 0 Å². The van der Waals surface area contributed by atoms with Crippen LogP contribution >= 0.6 is 11.6 Å². The molecule has 0 unspecified atom stereocenters. The summed E-state index contributed by atoms with van der Waals surface area (Å²) in [6.45, 7) is 5.71. The second kappa shape index (κ2) is 7.93. The SMILES string of the molecule is Clc1ccccc1N1CCN(CCCOn2nnc3ccccc32)CC1. The maximum Gasteiger partial charge on any atom is 0.130 e. The number of halogens is 1. The first-order valence-corrected chi connectivity index (χ1v) is 9.34. The van der Waals surface area contributed by atoms with Crippen molar-refractivity contribution >= 4 is 28.3 Å². The molecule has 2 aromatic carbocycles. The number of para-hydroxylation sites is 2. The van der Waals surface area contributed by atoms with Gasteiger partial charge in [-0.3, -0.25) is 4.90 Å². The largest absolute Gasteiger partial charge is 0.395 e. The predicted molar refractivity (Wildman–Crippen MR) is 104 cm³/mol. The van der Waals surface area contributed by atoms with Gasteiger partial charge in [0, 0.05) is 32.7 Å². The van der Waals surface area contributed by atoms with E-state index in [2.05, 4.69) is 26.2 Å². The number of nitrogens with zero attached hydrogens (tertiary/aromatic N) is 5. The van der Waals surface area contributed by atoms with Crippen LogP contribution in [-0.2, 0) is 0 Å². The van der Waals surface area contributed by atoms with Crippen molar-refractivity contribution in [3.05, 3.63) is 53.6 Å². The van der Waals surface area contributed by atoms with Crippen LogP contribution < -0.4 is 9.74 Å². The molecule has 0 N–H and O–H groups in total. The fraction of sp³-hybridized carbons (Fsp3) is 0.368. The molecule has 1 aliphatic heterocycles. The summed E-state index contributed by atoms with van der Waals surface area (Å²) in [6.07, 6.45) is 0.959. The fourth-order valence-electron chi connectivity index (χ4n) is 3.30. The van der Waals surface area contributed by atoms with Gasteiger partial charge in [-0.05, 0) is 35.9 Å². The van der Waals surface area contributed by atoms with E-state index < -0.39 is 0 Å². The molecule has 3 aromatic rings. The van der Waals surface area contributed by atoms with Gasteiger partial charge >= 0.3 is 0 Å². The number of rotatable bonds is 6. The molecule has 6 nitrogen and oxygen atoms in total. The van der Waals surface area contributed by atoms with Crippen molar-refractivity contribution in [2.75, 3.05) is 44.2 Å². The minimum atomic E-state index is 0.623. The number of benzene rings is 2. The van der Waals surface area contributed by atoms with E-state index in [1.807, 2.05) is 42.5 Å². The van der Waals surface area contributed by atoms with E-state index in [1.54, 1.807) is 0 Å². The van der Waals surface area contributed by atoms with Crippen LogP contribution in [0.3, 0.4) is 0 Å². The monoisotopic (exact) mass is 371 g/mol. The van der Waals surface area contributed by atoms with Gasteiger partial charge in [-0.1, -0.05) is 40.7 Å². The van der Waals surface area contributed by atoms with Gasteiger partial charge in [0.25, 0.3) is 0 Å². The van der Waals surface area contributed by atoms with Gasteiger partial charge in [0.1, 0.15) is 17.6 Å². The maximum absolute atomic E-state index is 6.30. The quantitative estimate of drug-likeness (QED) is 0.623. The summed E-state index contributed by atoms with van der Waals surface area (Å²) in [5, 5.41) is 8.96. The normalized spacial score (nSPS) is 15.5. The van der Waals surface area contributed by atoms with E-state index >= 15 is 0 Å². The van der Waals surface area contributed by atoms with Crippen LogP contribution in [0.2, 0.25) is 5.02 Å². The lowest BCUT2D eigenvalue weighted by Crippen LogP contribution is -2.47. The fourth-order valence-corrected chi connectivity index (χ4v) is 3.56. The first kappa shape index (κ1) is 17.1. The van der Waals surface area contributed by atoms with E-state index in [0.29, 0.717) is 6.61 Å². The molecule has 0 atom stereocenters. The van der Waals surface area contributed by atoms with E-state index in [0.717, 1.165) is 60.9 Å². The molecular weight excluding hydrogens is 350 g/mol. The van der Waals surface area contributed by atoms with Gasteiger partial charge < -0.3 is 9.74 Å². The molecule has 26 heavy (non-hydrogen) atoms. The van der Waals surface area contributed by atoms with E-state index in [1.165, 1.54) is 4.85 Å². The lowest BCUT2D eigenvalue weighted by atomic mass is 10.2. The highest BCUT2D eigenvalue weighted by atomic mass is 35.5. The zero-order valence-corrected chi connectivity index (χ0v) is 15.3. The Bertz CT molecular complexity index is 860. The zero-order chi connectivity index (χ0) is 17.8. The van der Waals surface area contributed by atoms with Crippen molar-refractivity contribution in [3.63, 3.8) is 0 Å². The van der Waals surface area contributed by atoms with Gasteiger partial charge in [0.05, 0.1) is 10.7 Å². The van der Waals surface area contributed by atoms with Crippen molar-refractivity contribution in [1.29, 1.82) is 0 Å². The van der Waals surface area contributed by atoms with Gasteiger partial charge in [-0.15, -0.1) is 5.10 Å². The van der Waals surface area contributed by atoms with Crippen LogP contribution in [-0.4, -0.2) is 59.4 Å². The summed E-state index contributed by atoms with van der Waals surface area (Å²) >= 11 is 6.30. The van der Waals surface area contributed by atoms with Crippen molar-refractivity contribution in [2.24, 2.45) is 0 Å². The van der Waals surface area contributed by atoms with Crippen LogP contribution in [0, 0.1) is 0 Å². The Labute approximate surface area is 157 Å². The average Bonchev–Trinajstić information content (AvgIpc) is 3.09. The summed E-state index contributed by atoms with van der Waals surface area (Å²) in [5.74, 6) is 0. The minimum absolute atomic E-state index is 0.623. The molecule has 7 heteroatoms. The summed E-state index contributed by atoms with van der Waals surface area (Å²) < 4.78 is 0. The summed E-state index contributed by atoms with van der Waals surface area (Å²) in [7, 11) is 0. The molecule has 0 amide bonds. The molecule has 4 rings (SSSR count). The third-order valence-corrected chi connectivity index (χ3v) is 5.04. The molecule has 0 bridgehead atoms. The van der Waals surface area contributed by atoms with E-state index in [-0.39, 0.29) is 0 Å². The maximum atomic E-state index is 6.30. The molecule has 1 aliphatic rings. The smallest absolute Gasteiger partial charge is 0.130 e. The Kier molecular flexibility index (Phi) is 5.22. The Morgan fingerprint density at radius 3 is 2.58 bits per heavy atom. The summed E-state index contributed by atoms with van der Waals surface area (Å²) in [5.41, 5.74) is 2.89.